The molecule has 0 saturated carbocycles. The number of fused-ring (bicyclic) bond motifs is 8. The molecular formula is C20H23N. The summed E-state index contributed by atoms with van der Waals surface area (Å²) in [6.45, 7) is 3.57. The summed E-state index contributed by atoms with van der Waals surface area (Å²) in [5, 5.41) is 0. The normalized spacial score (nSPS) is 26.8. The third-order valence-electron chi connectivity index (χ3n) is 5.64. The van der Waals surface area contributed by atoms with Crippen molar-refractivity contribution in [3.8, 4) is 0 Å². The monoisotopic (exact) mass is 277 g/mol. The molecule has 0 N–H and O–H groups in total. The van der Waals surface area contributed by atoms with Crippen molar-refractivity contribution in [3.63, 3.8) is 0 Å². The SMILES string of the molecule is CC(CN(C)C)C12CC(c3ccccc31)c1ccccc12. The van der Waals surface area contributed by atoms with Crippen LogP contribution in [0.5, 0.6) is 0 Å². The molecule has 0 radical (unpaired) electrons. The zero-order valence-electron chi connectivity index (χ0n) is 13.1. The standard InChI is InChI=1S/C20H23N/c1-14(13-21(2)3)20-12-17(15-8-4-6-10-18(15)20)16-9-5-7-11-19(16)20/h4-11,14,17H,12-13H2,1-3H3. The molecule has 2 aromatic rings. The van der Waals surface area contributed by atoms with Crippen molar-refractivity contribution in [1.29, 1.82) is 0 Å². The minimum atomic E-state index is 0.224. The first kappa shape index (κ1) is 13.1. The summed E-state index contributed by atoms with van der Waals surface area (Å²) >= 11 is 0. The van der Waals surface area contributed by atoms with Crippen LogP contribution < -0.4 is 0 Å². The van der Waals surface area contributed by atoms with E-state index in [0.717, 1.165) is 6.54 Å². The van der Waals surface area contributed by atoms with Crippen LogP contribution in [-0.2, 0) is 5.41 Å². The summed E-state index contributed by atoms with van der Waals surface area (Å²) in [5.74, 6) is 1.24. The van der Waals surface area contributed by atoms with Crippen LogP contribution in [0, 0.1) is 5.92 Å². The van der Waals surface area contributed by atoms with Gasteiger partial charge < -0.3 is 4.90 Å². The lowest BCUT2D eigenvalue weighted by molar-refractivity contribution is 0.259. The highest BCUT2D eigenvalue weighted by Crippen LogP contribution is 2.62. The van der Waals surface area contributed by atoms with Crippen LogP contribution in [0.3, 0.4) is 0 Å². The summed E-state index contributed by atoms with van der Waals surface area (Å²) in [6.07, 6.45) is 1.26. The second-order valence-corrected chi connectivity index (χ2v) is 7.07. The Morgan fingerprint density at radius 2 is 1.52 bits per heavy atom. The molecule has 21 heavy (non-hydrogen) atoms. The zero-order valence-corrected chi connectivity index (χ0v) is 13.1. The molecule has 0 aromatic heterocycles. The van der Waals surface area contributed by atoms with Gasteiger partial charge in [-0.1, -0.05) is 55.5 Å². The lowest BCUT2D eigenvalue weighted by Gasteiger charge is -2.38. The Morgan fingerprint density at radius 1 is 1.00 bits per heavy atom. The van der Waals surface area contributed by atoms with Gasteiger partial charge in [-0.3, -0.25) is 0 Å². The molecule has 2 bridgehead atoms. The minimum Gasteiger partial charge on any atom is -0.309 e. The first-order valence-corrected chi connectivity index (χ1v) is 7.98. The molecule has 4 rings (SSSR count). The van der Waals surface area contributed by atoms with Gasteiger partial charge in [-0.05, 0) is 48.7 Å². The maximum atomic E-state index is 2.43. The van der Waals surface area contributed by atoms with Crippen LogP contribution in [0.4, 0.5) is 0 Å². The van der Waals surface area contributed by atoms with E-state index in [1.54, 1.807) is 22.3 Å². The van der Waals surface area contributed by atoms with Crippen molar-refractivity contribution in [1.82, 2.24) is 4.90 Å². The van der Waals surface area contributed by atoms with Crippen LogP contribution in [0.1, 0.15) is 41.5 Å². The van der Waals surface area contributed by atoms with Crippen LogP contribution in [0.25, 0.3) is 0 Å². The van der Waals surface area contributed by atoms with E-state index >= 15 is 0 Å². The first-order valence-electron chi connectivity index (χ1n) is 7.98. The van der Waals surface area contributed by atoms with Crippen molar-refractivity contribution < 1.29 is 0 Å². The third-order valence-corrected chi connectivity index (χ3v) is 5.64. The fourth-order valence-corrected chi connectivity index (χ4v) is 4.92. The molecule has 0 saturated heterocycles. The van der Waals surface area contributed by atoms with Gasteiger partial charge in [0.25, 0.3) is 0 Å². The number of rotatable bonds is 3. The predicted molar refractivity (Wildman–Crippen MR) is 87.8 cm³/mol. The molecule has 0 aliphatic heterocycles. The van der Waals surface area contributed by atoms with Crippen LogP contribution >= 0.6 is 0 Å². The first-order chi connectivity index (χ1) is 10.1. The largest absolute Gasteiger partial charge is 0.309 e. The summed E-state index contributed by atoms with van der Waals surface area (Å²) in [7, 11) is 4.37. The Labute approximate surface area is 127 Å². The maximum Gasteiger partial charge on any atom is 0.0255 e. The van der Waals surface area contributed by atoms with Crippen molar-refractivity contribution in [2.45, 2.75) is 24.7 Å². The highest BCUT2D eigenvalue weighted by atomic mass is 15.1. The van der Waals surface area contributed by atoms with Gasteiger partial charge in [0.15, 0.2) is 0 Å². The number of hydrogen-bond acceptors (Lipinski definition) is 1. The smallest absolute Gasteiger partial charge is 0.0255 e. The molecule has 0 fully saturated rings. The van der Waals surface area contributed by atoms with Crippen LogP contribution in [0.2, 0.25) is 0 Å². The van der Waals surface area contributed by atoms with E-state index in [0.29, 0.717) is 11.8 Å². The minimum absolute atomic E-state index is 0.224. The van der Waals surface area contributed by atoms with Gasteiger partial charge in [0, 0.05) is 17.9 Å². The maximum absolute atomic E-state index is 2.43. The Kier molecular flexibility index (Phi) is 2.77. The average molecular weight is 277 g/mol. The summed E-state index contributed by atoms with van der Waals surface area (Å²) in [4.78, 5) is 2.33. The lowest BCUT2D eigenvalue weighted by Crippen LogP contribution is -2.37. The zero-order chi connectivity index (χ0) is 14.6. The van der Waals surface area contributed by atoms with Gasteiger partial charge in [0.1, 0.15) is 0 Å². The summed E-state index contributed by atoms with van der Waals surface area (Å²) < 4.78 is 0. The highest BCUT2D eigenvalue weighted by molar-refractivity contribution is 5.63. The summed E-state index contributed by atoms with van der Waals surface area (Å²) in [5.41, 5.74) is 6.54. The Morgan fingerprint density at radius 3 is 2.05 bits per heavy atom. The van der Waals surface area contributed by atoms with Gasteiger partial charge in [-0.25, -0.2) is 0 Å². The quantitative estimate of drug-likeness (QED) is 0.819. The Hall–Kier alpha value is -1.60. The van der Waals surface area contributed by atoms with Crippen molar-refractivity contribution in [2.75, 3.05) is 20.6 Å². The van der Waals surface area contributed by atoms with Crippen molar-refractivity contribution >= 4 is 0 Å². The number of benzene rings is 2. The average Bonchev–Trinajstić information content (AvgIpc) is 3.00. The van der Waals surface area contributed by atoms with Gasteiger partial charge in [-0.2, -0.15) is 0 Å². The predicted octanol–water partition coefficient (Wildman–Crippen LogP) is 4.02. The van der Waals surface area contributed by atoms with Crippen molar-refractivity contribution in [2.24, 2.45) is 5.92 Å². The van der Waals surface area contributed by atoms with E-state index in [2.05, 4.69) is 74.4 Å². The second-order valence-electron chi connectivity index (χ2n) is 7.07. The molecular weight excluding hydrogens is 254 g/mol. The molecule has 1 unspecified atom stereocenters. The van der Waals surface area contributed by atoms with Gasteiger partial charge in [0.05, 0.1) is 0 Å². The van der Waals surface area contributed by atoms with E-state index in [4.69, 9.17) is 0 Å². The molecule has 2 aromatic carbocycles. The van der Waals surface area contributed by atoms with E-state index in [9.17, 15) is 0 Å². The molecule has 0 heterocycles. The van der Waals surface area contributed by atoms with E-state index in [1.165, 1.54) is 6.42 Å². The molecule has 2 aliphatic carbocycles. The fraction of sp³-hybridized carbons (Fsp3) is 0.400. The number of hydrogen-bond donors (Lipinski definition) is 0. The molecule has 1 heteroatoms. The molecule has 0 amide bonds. The highest BCUT2D eigenvalue weighted by Gasteiger charge is 2.54. The van der Waals surface area contributed by atoms with Gasteiger partial charge in [-0.15, -0.1) is 0 Å². The fourth-order valence-electron chi connectivity index (χ4n) is 4.92. The summed E-state index contributed by atoms with van der Waals surface area (Å²) in [6, 6.07) is 18.3. The molecule has 1 atom stereocenters. The number of nitrogens with zero attached hydrogens (tertiary/aromatic N) is 1. The molecule has 2 aliphatic rings. The third kappa shape index (κ3) is 1.61. The topological polar surface area (TPSA) is 3.24 Å². The van der Waals surface area contributed by atoms with Crippen molar-refractivity contribution in [3.05, 3.63) is 70.8 Å². The van der Waals surface area contributed by atoms with E-state index in [-0.39, 0.29) is 5.41 Å². The van der Waals surface area contributed by atoms with E-state index in [1.807, 2.05) is 0 Å². The Balaban J connectivity index is 1.94. The van der Waals surface area contributed by atoms with Crippen LogP contribution in [-0.4, -0.2) is 25.5 Å². The van der Waals surface area contributed by atoms with Gasteiger partial charge in [0.2, 0.25) is 0 Å². The second kappa shape index (κ2) is 4.45. The molecule has 1 nitrogen and oxygen atoms in total. The van der Waals surface area contributed by atoms with E-state index < -0.39 is 0 Å². The molecule has 0 spiro atoms. The molecule has 108 valence electrons. The lowest BCUT2D eigenvalue weighted by atomic mass is 9.67. The Bertz CT molecular complexity index is 638. The van der Waals surface area contributed by atoms with Crippen LogP contribution in [0.15, 0.2) is 48.5 Å². The van der Waals surface area contributed by atoms with Gasteiger partial charge >= 0.3 is 0 Å².